The van der Waals surface area contributed by atoms with Crippen LogP contribution in [-0.2, 0) is 4.74 Å². The summed E-state index contributed by atoms with van der Waals surface area (Å²) in [4.78, 5) is 4.03. The van der Waals surface area contributed by atoms with Crippen molar-refractivity contribution in [2.24, 2.45) is 5.92 Å². The van der Waals surface area contributed by atoms with Gasteiger partial charge >= 0.3 is 0 Å². The quantitative estimate of drug-likeness (QED) is 0.847. The third-order valence-electron chi connectivity index (χ3n) is 1.90. The Morgan fingerprint density at radius 2 is 2.40 bits per heavy atom. The second kappa shape index (κ2) is 6.30. The minimum atomic E-state index is 0.462. The van der Waals surface area contributed by atoms with Crippen molar-refractivity contribution in [3.05, 3.63) is 21.9 Å². The fourth-order valence-corrected chi connectivity index (χ4v) is 1.61. The maximum Gasteiger partial charge on any atom is 0.143 e. The number of hydrogen-bond donors (Lipinski definition) is 1. The highest BCUT2D eigenvalue weighted by molar-refractivity contribution is 9.10. The number of hydrogen-bond acceptors (Lipinski definition) is 3. The van der Waals surface area contributed by atoms with E-state index >= 15 is 0 Å². The number of halogens is 2. The minimum Gasteiger partial charge on any atom is -0.384 e. The van der Waals surface area contributed by atoms with Crippen LogP contribution in [0.5, 0.6) is 0 Å². The van der Waals surface area contributed by atoms with Gasteiger partial charge in [-0.05, 0) is 27.9 Å². The summed E-state index contributed by atoms with van der Waals surface area (Å²) in [7, 11) is 1.71. The lowest BCUT2D eigenvalue weighted by molar-refractivity contribution is 0.164. The zero-order valence-electron chi connectivity index (χ0n) is 8.76. The summed E-state index contributed by atoms with van der Waals surface area (Å²) in [6.45, 7) is 3.72. The molecule has 0 saturated carbocycles. The van der Waals surface area contributed by atoms with Crippen LogP contribution in [0.25, 0.3) is 0 Å². The maximum atomic E-state index is 5.79. The van der Waals surface area contributed by atoms with Gasteiger partial charge < -0.3 is 10.1 Å². The Morgan fingerprint density at radius 3 is 3.00 bits per heavy atom. The van der Waals surface area contributed by atoms with Gasteiger partial charge in [-0.15, -0.1) is 0 Å². The van der Waals surface area contributed by atoms with Crippen LogP contribution in [0.3, 0.4) is 0 Å². The molecule has 15 heavy (non-hydrogen) atoms. The average Bonchev–Trinajstić information content (AvgIpc) is 2.20. The first-order chi connectivity index (χ1) is 7.13. The first kappa shape index (κ1) is 12.7. The predicted octanol–water partition coefficient (Wildman–Crippen LogP) is 3.19. The predicted molar refractivity (Wildman–Crippen MR) is 66.5 cm³/mol. The molecule has 1 aromatic heterocycles. The van der Waals surface area contributed by atoms with Crippen molar-refractivity contribution < 1.29 is 4.74 Å². The van der Waals surface area contributed by atoms with Gasteiger partial charge in [0, 0.05) is 13.7 Å². The number of methoxy groups -OCH3 is 1. The minimum absolute atomic E-state index is 0.462. The van der Waals surface area contributed by atoms with Crippen molar-refractivity contribution in [2.75, 3.05) is 25.6 Å². The fourth-order valence-electron chi connectivity index (χ4n) is 1.15. The van der Waals surface area contributed by atoms with E-state index in [9.17, 15) is 0 Å². The zero-order valence-corrected chi connectivity index (χ0v) is 11.1. The Balaban J connectivity index is 2.47. The van der Waals surface area contributed by atoms with Crippen molar-refractivity contribution in [1.82, 2.24) is 4.98 Å². The van der Waals surface area contributed by atoms with Crippen LogP contribution >= 0.6 is 27.5 Å². The molecule has 1 N–H and O–H groups in total. The van der Waals surface area contributed by atoms with Crippen LogP contribution in [0.15, 0.2) is 16.7 Å². The first-order valence-corrected chi connectivity index (χ1v) is 5.84. The van der Waals surface area contributed by atoms with Crippen LogP contribution in [0.4, 0.5) is 5.69 Å². The third kappa shape index (κ3) is 4.36. The van der Waals surface area contributed by atoms with Gasteiger partial charge in [-0.1, -0.05) is 18.5 Å². The number of pyridine rings is 1. The summed E-state index contributed by atoms with van der Waals surface area (Å²) in [5.74, 6) is 0.462. The summed E-state index contributed by atoms with van der Waals surface area (Å²) in [6, 6.07) is 1.91. The van der Waals surface area contributed by atoms with Gasteiger partial charge in [0.05, 0.1) is 23.0 Å². The van der Waals surface area contributed by atoms with Crippen molar-refractivity contribution in [3.63, 3.8) is 0 Å². The topological polar surface area (TPSA) is 34.1 Å². The van der Waals surface area contributed by atoms with E-state index < -0.39 is 0 Å². The highest BCUT2D eigenvalue weighted by Gasteiger charge is 2.03. The standard InChI is InChI=1S/C10H14BrClN2O/c1-7(6-15-2)4-13-8-3-9(11)10(12)14-5-8/h3,5,7,13H,4,6H2,1-2H3. The maximum absolute atomic E-state index is 5.79. The van der Waals surface area contributed by atoms with Gasteiger partial charge in [0.15, 0.2) is 0 Å². The molecule has 84 valence electrons. The van der Waals surface area contributed by atoms with Gasteiger partial charge in [0.25, 0.3) is 0 Å². The van der Waals surface area contributed by atoms with E-state index in [1.165, 1.54) is 0 Å². The summed E-state index contributed by atoms with van der Waals surface area (Å²) in [6.07, 6.45) is 1.71. The largest absolute Gasteiger partial charge is 0.384 e. The zero-order chi connectivity index (χ0) is 11.3. The van der Waals surface area contributed by atoms with Crippen LogP contribution in [0.2, 0.25) is 5.15 Å². The van der Waals surface area contributed by atoms with Gasteiger partial charge in [0.1, 0.15) is 5.15 Å². The number of nitrogens with one attached hydrogen (secondary N) is 1. The molecule has 1 rings (SSSR count). The highest BCUT2D eigenvalue weighted by atomic mass is 79.9. The molecule has 3 nitrogen and oxygen atoms in total. The normalized spacial score (nSPS) is 12.5. The highest BCUT2D eigenvalue weighted by Crippen LogP contribution is 2.22. The number of ether oxygens (including phenoxy) is 1. The summed E-state index contributed by atoms with van der Waals surface area (Å²) in [5.41, 5.74) is 0.953. The number of anilines is 1. The summed E-state index contributed by atoms with van der Waals surface area (Å²) in [5, 5.41) is 3.74. The van der Waals surface area contributed by atoms with Crippen LogP contribution in [-0.4, -0.2) is 25.2 Å². The number of nitrogens with zero attached hydrogens (tertiary/aromatic N) is 1. The molecule has 0 spiro atoms. The van der Waals surface area contributed by atoms with Crippen LogP contribution < -0.4 is 5.32 Å². The molecule has 0 saturated heterocycles. The van der Waals surface area contributed by atoms with Crippen molar-refractivity contribution in [3.8, 4) is 0 Å². The lowest BCUT2D eigenvalue weighted by atomic mass is 10.2. The Kier molecular flexibility index (Phi) is 5.36. The summed E-state index contributed by atoms with van der Waals surface area (Å²) < 4.78 is 5.85. The lowest BCUT2D eigenvalue weighted by Gasteiger charge is -2.12. The number of aromatic nitrogens is 1. The molecule has 1 atom stereocenters. The molecule has 0 aliphatic heterocycles. The molecule has 5 heteroatoms. The molecule has 0 aliphatic carbocycles. The van der Waals surface area contributed by atoms with Gasteiger partial charge in [-0.3, -0.25) is 0 Å². The van der Waals surface area contributed by atoms with E-state index in [1.54, 1.807) is 13.3 Å². The van der Waals surface area contributed by atoms with E-state index in [2.05, 4.69) is 33.2 Å². The lowest BCUT2D eigenvalue weighted by Crippen LogP contribution is -2.15. The molecular weight excluding hydrogens is 279 g/mol. The van der Waals surface area contributed by atoms with Crippen LogP contribution in [0, 0.1) is 5.92 Å². The average molecular weight is 294 g/mol. The monoisotopic (exact) mass is 292 g/mol. The fraction of sp³-hybridized carbons (Fsp3) is 0.500. The van der Waals surface area contributed by atoms with Gasteiger partial charge in [-0.25, -0.2) is 4.98 Å². The Morgan fingerprint density at radius 1 is 1.67 bits per heavy atom. The first-order valence-electron chi connectivity index (χ1n) is 4.67. The second-order valence-electron chi connectivity index (χ2n) is 3.44. The van der Waals surface area contributed by atoms with Crippen LogP contribution in [0.1, 0.15) is 6.92 Å². The SMILES string of the molecule is COCC(C)CNc1cnc(Cl)c(Br)c1. The molecule has 0 aromatic carbocycles. The molecule has 0 bridgehead atoms. The molecule has 1 unspecified atom stereocenters. The molecule has 0 radical (unpaired) electrons. The molecule has 1 aromatic rings. The Hall–Kier alpha value is -0.320. The Labute approximate surface area is 103 Å². The van der Waals surface area contributed by atoms with E-state index in [1.807, 2.05) is 6.07 Å². The molecule has 0 amide bonds. The van der Waals surface area contributed by atoms with E-state index in [0.29, 0.717) is 11.1 Å². The summed E-state index contributed by atoms with van der Waals surface area (Å²) >= 11 is 9.11. The van der Waals surface area contributed by atoms with E-state index in [-0.39, 0.29) is 0 Å². The van der Waals surface area contributed by atoms with Crippen molar-refractivity contribution >= 4 is 33.2 Å². The molecule has 0 fully saturated rings. The Bertz CT molecular complexity index is 322. The number of rotatable bonds is 5. The molecule has 0 aliphatic rings. The second-order valence-corrected chi connectivity index (χ2v) is 4.65. The van der Waals surface area contributed by atoms with Gasteiger partial charge in [0.2, 0.25) is 0 Å². The third-order valence-corrected chi connectivity index (χ3v) is 3.04. The van der Waals surface area contributed by atoms with Gasteiger partial charge in [-0.2, -0.15) is 0 Å². The molecule has 1 heterocycles. The van der Waals surface area contributed by atoms with E-state index in [4.69, 9.17) is 16.3 Å². The van der Waals surface area contributed by atoms with Crippen molar-refractivity contribution in [1.29, 1.82) is 0 Å². The molecular formula is C10H14BrClN2O. The smallest absolute Gasteiger partial charge is 0.143 e. The van der Waals surface area contributed by atoms with E-state index in [0.717, 1.165) is 23.3 Å². The van der Waals surface area contributed by atoms with Crippen molar-refractivity contribution in [2.45, 2.75) is 6.92 Å².